The van der Waals surface area contributed by atoms with E-state index in [1.807, 2.05) is 24.3 Å². The van der Waals surface area contributed by atoms with Crippen molar-refractivity contribution in [3.63, 3.8) is 0 Å². The van der Waals surface area contributed by atoms with Crippen LogP contribution in [0.25, 0.3) is 0 Å². The predicted octanol–water partition coefficient (Wildman–Crippen LogP) is 4.16. The Morgan fingerprint density at radius 3 is 2.38 bits per heavy atom. The largest absolute Gasteiger partial charge is 0.355 e. The van der Waals surface area contributed by atoms with Gasteiger partial charge in [0.1, 0.15) is 0 Å². The first-order valence-electron chi connectivity index (χ1n) is 8.18. The van der Waals surface area contributed by atoms with Gasteiger partial charge in [-0.15, -0.1) is 0 Å². The van der Waals surface area contributed by atoms with Crippen molar-refractivity contribution in [1.82, 2.24) is 10.6 Å². The second-order valence-corrected chi connectivity index (χ2v) is 7.46. The van der Waals surface area contributed by atoms with E-state index < -0.39 is 0 Å². The standard InChI is InChI=1S/C19H20Cl2N2O2S/c20-15-7-5-14(6-8-15)13-26-12-11-22-18(24)9-10-23-19(25)16-3-1-2-4-17(16)21/h1-8H,9-13H2,(H,22,24)(H,23,25). The van der Waals surface area contributed by atoms with Gasteiger partial charge in [0.05, 0.1) is 10.6 Å². The van der Waals surface area contributed by atoms with E-state index in [9.17, 15) is 9.59 Å². The van der Waals surface area contributed by atoms with E-state index in [4.69, 9.17) is 23.2 Å². The van der Waals surface area contributed by atoms with Gasteiger partial charge < -0.3 is 10.6 Å². The minimum Gasteiger partial charge on any atom is -0.355 e. The number of hydrogen-bond acceptors (Lipinski definition) is 3. The zero-order valence-corrected chi connectivity index (χ0v) is 16.5. The molecule has 0 bridgehead atoms. The van der Waals surface area contributed by atoms with E-state index in [1.54, 1.807) is 36.0 Å². The fraction of sp³-hybridized carbons (Fsp3) is 0.263. The molecule has 2 amide bonds. The fourth-order valence-electron chi connectivity index (χ4n) is 2.15. The van der Waals surface area contributed by atoms with E-state index in [0.717, 1.165) is 16.5 Å². The summed E-state index contributed by atoms with van der Waals surface area (Å²) in [6.45, 7) is 0.864. The summed E-state index contributed by atoms with van der Waals surface area (Å²) in [6, 6.07) is 14.5. The molecule has 0 radical (unpaired) electrons. The van der Waals surface area contributed by atoms with Crippen LogP contribution in [0.3, 0.4) is 0 Å². The molecule has 0 atom stereocenters. The first-order chi connectivity index (χ1) is 12.6. The summed E-state index contributed by atoms with van der Waals surface area (Å²) in [4.78, 5) is 23.7. The molecule has 0 aliphatic rings. The Hall–Kier alpha value is -1.69. The number of amides is 2. The molecule has 0 saturated carbocycles. The molecule has 0 aliphatic carbocycles. The molecule has 7 heteroatoms. The van der Waals surface area contributed by atoms with E-state index in [2.05, 4.69) is 10.6 Å². The van der Waals surface area contributed by atoms with Crippen LogP contribution in [-0.4, -0.2) is 30.7 Å². The van der Waals surface area contributed by atoms with Crippen LogP contribution in [0.1, 0.15) is 22.3 Å². The highest BCUT2D eigenvalue weighted by Gasteiger charge is 2.09. The molecule has 0 aliphatic heterocycles. The second kappa shape index (κ2) is 11.1. The number of rotatable bonds is 9. The molecule has 0 saturated heterocycles. The number of thioether (sulfide) groups is 1. The SMILES string of the molecule is O=C(CCNC(=O)c1ccccc1Cl)NCCSCc1ccc(Cl)cc1. The number of hydrogen-bond donors (Lipinski definition) is 2. The van der Waals surface area contributed by atoms with Crippen LogP contribution in [0.5, 0.6) is 0 Å². The molecule has 0 aromatic heterocycles. The maximum atomic E-state index is 12.0. The molecule has 4 nitrogen and oxygen atoms in total. The molecule has 2 aromatic carbocycles. The van der Waals surface area contributed by atoms with Crippen LogP contribution in [0.4, 0.5) is 0 Å². The molecule has 2 aromatic rings. The monoisotopic (exact) mass is 410 g/mol. The zero-order chi connectivity index (χ0) is 18.8. The molecule has 2 N–H and O–H groups in total. The topological polar surface area (TPSA) is 58.2 Å². The lowest BCUT2D eigenvalue weighted by molar-refractivity contribution is -0.120. The maximum Gasteiger partial charge on any atom is 0.252 e. The van der Waals surface area contributed by atoms with E-state index in [0.29, 0.717) is 17.1 Å². The van der Waals surface area contributed by atoms with E-state index >= 15 is 0 Å². The van der Waals surface area contributed by atoms with Gasteiger partial charge in [-0.25, -0.2) is 0 Å². The normalized spacial score (nSPS) is 10.4. The summed E-state index contributed by atoms with van der Waals surface area (Å²) < 4.78 is 0. The van der Waals surface area contributed by atoms with Gasteiger partial charge in [0, 0.05) is 36.0 Å². The first-order valence-corrected chi connectivity index (χ1v) is 10.1. The minimum atomic E-state index is -0.276. The number of carbonyl (C=O) groups excluding carboxylic acids is 2. The minimum absolute atomic E-state index is 0.0865. The average molecular weight is 411 g/mol. The number of carbonyl (C=O) groups is 2. The van der Waals surface area contributed by atoms with Gasteiger partial charge in [0.2, 0.25) is 5.91 Å². The predicted molar refractivity (Wildman–Crippen MR) is 109 cm³/mol. The Kier molecular flexibility index (Phi) is 8.81. The second-order valence-electron chi connectivity index (χ2n) is 5.51. The Morgan fingerprint density at radius 1 is 0.923 bits per heavy atom. The summed E-state index contributed by atoms with van der Waals surface area (Å²) in [6.07, 6.45) is 0.234. The van der Waals surface area contributed by atoms with Gasteiger partial charge in [0.15, 0.2) is 0 Å². The molecule has 0 unspecified atom stereocenters. The molecule has 26 heavy (non-hydrogen) atoms. The molecule has 0 spiro atoms. The zero-order valence-electron chi connectivity index (χ0n) is 14.1. The molecule has 2 rings (SSSR count). The maximum absolute atomic E-state index is 12.0. The van der Waals surface area contributed by atoms with Crippen molar-refractivity contribution in [2.24, 2.45) is 0 Å². The molecule has 0 fully saturated rings. The Balaban J connectivity index is 1.55. The summed E-state index contributed by atoms with van der Waals surface area (Å²) in [7, 11) is 0. The van der Waals surface area contributed by atoms with Crippen molar-refractivity contribution >= 4 is 46.8 Å². The van der Waals surface area contributed by atoms with E-state index in [-0.39, 0.29) is 24.8 Å². The van der Waals surface area contributed by atoms with Crippen molar-refractivity contribution < 1.29 is 9.59 Å². The lowest BCUT2D eigenvalue weighted by Crippen LogP contribution is -2.31. The smallest absolute Gasteiger partial charge is 0.252 e. The van der Waals surface area contributed by atoms with Crippen molar-refractivity contribution in [1.29, 1.82) is 0 Å². The van der Waals surface area contributed by atoms with Crippen molar-refractivity contribution in [2.45, 2.75) is 12.2 Å². The van der Waals surface area contributed by atoms with Crippen LogP contribution in [0.15, 0.2) is 48.5 Å². The highest BCUT2D eigenvalue weighted by molar-refractivity contribution is 7.98. The van der Waals surface area contributed by atoms with Crippen LogP contribution in [0, 0.1) is 0 Å². The average Bonchev–Trinajstić information content (AvgIpc) is 2.63. The van der Waals surface area contributed by atoms with Crippen LogP contribution in [-0.2, 0) is 10.5 Å². The van der Waals surface area contributed by atoms with Gasteiger partial charge in [-0.2, -0.15) is 11.8 Å². The van der Waals surface area contributed by atoms with E-state index in [1.165, 1.54) is 5.56 Å². The first kappa shape index (κ1) is 20.6. The molecule has 138 valence electrons. The molecular weight excluding hydrogens is 391 g/mol. The Bertz CT molecular complexity index is 739. The quantitative estimate of drug-likeness (QED) is 0.610. The van der Waals surface area contributed by atoms with Crippen molar-refractivity contribution in [3.05, 3.63) is 69.7 Å². The fourth-order valence-corrected chi connectivity index (χ4v) is 3.32. The van der Waals surface area contributed by atoms with Gasteiger partial charge in [-0.3, -0.25) is 9.59 Å². The number of halogens is 2. The van der Waals surface area contributed by atoms with Crippen LogP contribution < -0.4 is 10.6 Å². The summed E-state index contributed by atoms with van der Waals surface area (Å²) in [5.41, 5.74) is 1.61. The van der Waals surface area contributed by atoms with Crippen molar-refractivity contribution in [3.8, 4) is 0 Å². The summed E-state index contributed by atoms with van der Waals surface area (Å²) in [5.74, 6) is 1.33. The number of benzene rings is 2. The third-order valence-corrected chi connectivity index (χ3v) is 5.12. The Morgan fingerprint density at radius 2 is 1.65 bits per heavy atom. The lowest BCUT2D eigenvalue weighted by Gasteiger charge is -2.08. The third kappa shape index (κ3) is 7.28. The highest BCUT2D eigenvalue weighted by Crippen LogP contribution is 2.15. The van der Waals surface area contributed by atoms with Gasteiger partial charge >= 0.3 is 0 Å². The Labute approximate surface area is 167 Å². The van der Waals surface area contributed by atoms with Gasteiger partial charge in [0.25, 0.3) is 5.91 Å². The van der Waals surface area contributed by atoms with Crippen molar-refractivity contribution in [2.75, 3.05) is 18.8 Å². The summed E-state index contributed by atoms with van der Waals surface area (Å²) >= 11 is 13.5. The van der Waals surface area contributed by atoms with Gasteiger partial charge in [-0.1, -0.05) is 47.5 Å². The highest BCUT2D eigenvalue weighted by atomic mass is 35.5. The lowest BCUT2D eigenvalue weighted by atomic mass is 10.2. The number of nitrogens with one attached hydrogen (secondary N) is 2. The summed E-state index contributed by atoms with van der Waals surface area (Å²) in [5, 5.41) is 6.67. The van der Waals surface area contributed by atoms with Gasteiger partial charge in [-0.05, 0) is 29.8 Å². The third-order valence-electron chi connectivity index (χ3n) is 3.51. The van der Waals surface area contributed by atoms with Crippen LogP contribution in [0.2, 0.25) is 10.0 Å². The molecular formula is C19H20Cl2N2O2S. The molecule has 0 heterocycles. The van der Waals surface area contributed by atoms with Crippen LogP contribution >= 0.6 is 35.0 Å².